The Morgan fingerprint density at radius 1 is 1.07 bits per heavy atom. The molecule has 0 unspecified atom stereocenters. The molecule has 0 atom stereocenters. The molecule has 0 saturated heterocycles. The molecule has 0 saturated carbocycles. The maximum Gasteiger partial charge on any atom is 0.306 e. The van der Waals surface area contributed by atoms with E-state index in [1.54, 1.807) is 7.11 Å². The molecule has 0 aliphatic rings. The molecule has 0 aliphatic heterocycles. The van der Waals surface area contributed by atoms with Gasteiger partial charge in [-0.05, 0) is 42.7 Å². The molecule has 0 amide bonds. The smallest absolute Gasteiger partial charge is 0.306 e. The van der Waals surface area contributed by atoms with Crippen LogP contribution < -0.4 is 15.8 Å². The van der Waals surface area contributed by atoms with Gasteiger partial charge in [0.05, 0.1) is 7.11 Å². The third-order valence-corrected chi connectivity index (χ3v) is 4.23. The molecule has 1 aromatic heterocycles. The quantitative estimate of drug-likeness (QED) is 0.561. The first-order valence-corrected chi connectivity index (χ1v) is 9.15. The van der Waals surface area contributed by atoms with Gasteiger partial charge in [-0.25, -0.2) is 0 Å². The number of carbonyl (C=O) groups excluding carboxylic acids is 1. The van der Waals surface area contributed by atoms with Crippen molar-refractivity contribution >= 4 is 23.6 Å². The zero-order chi connectivity index (χ0) is 20.6. The zero-order valence-corrected chi connectivity index (χ0v) is 16.4. The minimum atomic E-state index is -0.340. The number of hydrogen-bond donors (Lipinski definition) is 2. The van der Waals surface area contributed by atoms with E-state index in [1.165, 1.54) is 0 Å². The molecule has 1 heterocycles. The van der Waals surface area contributed by atoms with Gasteiger partial charge in [0, 0.05) is 12.1 Å². The van der Waals surface area contributed by atoms with Crippen LogP contribution in [0.5, 0.6) is 5.75 Å². The summed E-state index contributed by atoms with van der Waals surface area (Å²) in [7, 11) is 1.61. The van der Waals surface area contributed by atoms with E-state index in [0.29, 0.717) is 12.4 Å². The Kier molecular flexibility index (Phi) is 6.57. The SMILES string of the molecule is COc1ccc(CCC(=O)OCc2nc(N)nc(Nc3ccccc3C)n2)cc1. The van der Waals surface area contributed by atoms with Gasteiger partial charge in [0.1, 0.15) is 5.75 Å². The van der Waals surface area contributed by atoms with Gasteiger partial charge >= 0.3 is 5.97 Å². The van der Waals surface area contributed by atoms with Crippen molar-refractivity contribution in [1.82, 2.24) is 15.0 Å². The summed E-state index contributed by atoms with van der Waals surface area (Å²) < 4.78 is 10.4. The Morgan fingerprint density at radius 3 is 2.55 bits per heavy atom. The van der Waals surface area contributed by atoms with Crippen LogP contribution in [0.1, 0.15) is 23.4 Å². The van der Waals surface area contributed by atoms with Crippen LogP contribution in [-0.4, -0.2) is 28.0 Å². The Bertz CT molecular complexity index is 976. The Balaban J connectivity index is 1.55. The van der Waals surface area contributed by atoms with Gasteiger partial charge in [-0.15, -0.1) is 0 Å². The predicted molar refractivity (Wildman–Crippen MR) is 110 cm³/mol. The highest BCUT2D eigenvalue weighted by atomic mass is 16.5. The average molecular weight is 393 g/mol. The van der Waals surface area contributed by atoms with Crippen LogP contribution in [0.2, 0.25) is 0 Å². The Labute approximate surface area is 169 Å². The highest BCUT2D eigenvalue weighted by Gasteiger charge is 2.10. The third kappa shape index (κ3) is 5.90. The predicted octanol–water partition coefficient (Wildman–Crippen LogP) is 3.19. The topological polar surface area (TPSA) is 112 Å². The summed E-state index contributed by atoms with van der Waals surface area (Å²) in [6, 6.07) is 15.3. The van der Waals surface area contributed by atoms with Crippen LogP contribution in [0.4, 0.5) is 17.6 Å². The lowest BCUT2D eigenvalue weighted by Gasteiger charge is -2.10. The zero-order valence-electron chi connectivity index (χ0n) is 16.4. The first kappa shape index (κ1) is 20.1. The van der Waals surface area contributed by atoms with Gasteiger partial charge < -0.3 is 20.5 Å². The molecule has 0 fully saturated rings. The number of esters is 1. The van der Waals surface area contributed by atoms with Gasteiger partial charge in [0.15, 0.2) is 12.4 Å². The first-order chi connectivity index (χ1) is 14.0. The van der Waals surface area contributed by atoms with E-state index in [0.717, 1.165) is 22.6 Å². The number of nitrogens with one attached hydrogen (secondary N) is 1. The maximum atomic E-state index is 12.1. The van der Waals surface area contributed by atoms with Crippen LogP contribution in [0, 0.1) is 6.92 Å². The monoisotopic (exact) mass is 393 g/mol. The minimum Gasteiger partial charge on any atom is -0.497 e. The van der Waals surface area contributed by atoms with E-state index in [4.69, 9.17) is 15.2 Å². The van der Waals surface area contributed by atoms with E-state index in [-0.39, 0.29) is 30.8 Å². The van der Waals surface area contributed by atoms with Crippen LogP contribution in [-0.2, 0) is 22.6 Å². The lowest BCUT2D eigenvalue weighted by molar-refractivity contribution is -0.145. The number of rotatable bonds is 8. The molecule has 150 valence electrons. The lowest BCUT2D eigenvalue weighted by Crippen LogP contribution is -2.11. The van der Waals surface area contributed by atoms with Crippen molar-refractivity contribution in [3.8, 4) is 5.75 Å². The molecule has 29 heavy (non-hydrogen) atoms. The molecule has 8 nitrogen and oxygen atoms in total. The number of nitrogen functional groups attached to an aromatic ring is 1. The van der Waals surface area contributed by atoms with Crippen molar-refractivity contribution < 1.29 is 14.3 Å². The number of benzene rings is 2. The van der Waals surface area contributed by atoms with Crippen molar-refractivity contribution in [3.63, 3.8) is 0 Å². The number of hydrogen-bond acceptors (Lipinski definition) is 8. The summed E-state index contributed by atoms with van der Waals surface area (Å²) in [5.74, 6) is 1.08. The maximum absolute atomic E-state index is 12.1. The largest absolute Gasteiger partial charge is 0.497 e. The summed E-state index contributed by atoms with van der Waals surface area (Å²) in [5, 5.41) is 3.10. The fourth-order valence-electron chi connectivity index (χ4n) is 2.65. The second-order valence-electron chi connectivity index (χ2n) is 6.38. The Morgan fingerprint density at radius 2 is 1.83 bits per heavy atom. The average Bonchev–Trinajstić information content (AvgIpc) is 2.72. The highest BCUT2D eigenvalue weighted by molar-refractivity contribution is 5.69. The van der Waals surface area contributed by atoms with Crippen LogP contribution in [0.15, 0.2) is 48.5 Å². The number of methoxy groups -OCH3 is 1. The standard InChI is InChI=1S/C21H23N5O3/c1-14-5-3-4-6-17(14)23-21-25-18(24-20(22)26-21)13-29-19(27)12-9-15-7-10-16(28-2)11-8-15/h3-8,10-11H,9,12-13H2,1-2H3,(H3,22,23,24,25,26). The third-order valence-electron chi connectivity index (χ3n) is 4.23. The molecular formula is C21H23N5O3. The molecule has 8 heteroatoms. The molecule has 0 aliphatic carbocycles. The summed E-state index contributed by atoms with van der Waals surface area (Å²) >= 11 is 0. The van der Waals surface area contributed by atoms with Gasteiger partial charge in [0.25, 0.3) is 0 Å². The van der Waals surface area contributed by atoms with Crippen LogP contribution in [0.25, 0.3) is 0 Å². The number of nitrogens with two attached hydrogens (primary N) is 1. The van der Waals surface area contributed by atoms with Gasteiger partial charge in [0.2, 0.25) is 11.9 Å². The van der Waals surface area contributed by atoms with E-state index in [1.807, 2.05) is 55.5 Å². The molecule has 3 N–H and O–H groups in total. The number of ether oxygens (including phenoxy) is 2. The fourth-order valence-corrected chi connectivity index (χ4v) is 2.65. The van der Waals surface area contributed by atoms with Crippen LogP contribution in [0.3, 0.4) is 0 Å². The molecule has 0 spiro atoms. The van der Waals surface area contributed by atoms with Gasteiger partial charge in [-0.1, -0.05) is 30.3 Å². The lowest BCUT2D eigenvalue weighted by atomic mass is 10.1. The van der Waals surface area contributed by atoms with Crippen molar-refractivity contribution in [2.45, 2.75) is 26.4 Å². The second-order valence-corrected chi connectivity index (χ2v) is 6.38. The second kappa shape index (κ2) is 9.50. The number of anilines is 3. The fraction of sp³-hybridized carbons (Fsp3) is 0.238. The van der Waals surface area contributed by atoms with Gasteiger partial charge in [-0.3, -0.25) is 4.79 Å². The van der Waals surface area contributed by atoms with Crippen molar-refractivity contribution in [2.75, 3.05) is 18.2 Å². The minimum absolute atomic E-state index is 0.0559. The molecular weight excluding hydrogens is 370 g/mol. The first-order valence-electron chi connectivity index (χ1n) is 9.15. The summed E-state index contributed by atoms with van der Waals surface area (Å²) in [6.45, 7) is 1.90. The summed E-state index contributed by atoms with van der Waals surface area (Å²) in [5.41, 5.74) is 8.69. The van der Waals surface area contributed by atoms with Crippen molar-refractivity contribution in [2.24, 2.45) is 0 Å². The molecule has 2 aromatic carbocycles. The van der Waals surface area contributed by atoms with Crippen LogP contribution >= 0.6 is 0 Å². The van der Waals surface area contributed by atoms with E-state index in [9.17, 15) is 4.79 Å². The van der Waals surface area contributed by atoms with Gasteiger partial charge in [-0.2, -0.15) is 15.0 Å². The van der Waals surface area contributed by atoms with E-state index >= 15 is 0 Å². The van der Waals surface area contributed by atoms with Crippen molar-refractivity contribution in [1.29, 1.82) is 0 Å². The number of aryl methyl sites for hydroxylation is 2. The molecule has 3 aromatic rings. The van der Waals surface area contributed by atoms with E-state index < -0.39 is 0 Å². The number of carbonyl (C=O) groups is 1. The highest BCUT2D eigenvalue weighted by Crippen LogP contribution is 2.18. The Hall–Kier alpha value is -3.68. The normalized spacial score (nSPS) is 10.4. The summed E-state index contributed by atoms with van der Waals surface area (Å²) in [6.07, 6.45) is 0.823. The number of aromatic nitrogens is 3. The molecule has 3 rings (SSSR count). The molecule has 0 bridgehead atoms. The number of nitrogens with zero attached hydrogens (tertiary/aromatic N) is 3. The van der Waals surface area contributed by atoms with Crippen molar-refractivity contribution in [3.05, 3.63) is 65.5 Å². The van der Waals surface area contributed by atoms with E-state index in [2.05, 4.69) is 20.3 Å². The summed E-state index contributed by atoms with van der Waals surface area (Å²) in [4.78, 5) is 24.4. The number of para-hydroxylation sites is 1. The molecule has 0 radical (unpaired) electrons.